The zero-order valence-electron chi connectivity index (χ0n) is 24.3. The van der Waals surface area contributed by atoms with Crippen LogP contribution in [-0.4, -0.2) is 9.61 Å². The van der Waals surface area contributed by atoms with E-state index in [1.807, 2.05) is 0 Å². The van der Waals surface area contributed by atoms with Gasteiger partial charge >= 0.3 is 0 Å². The van der Waals surface area contributed by atoms with Gasteiger partial charge in [-0.1, -0.05) is 133 Å². The molecule has 0 radical (unpaired) electrons. The van der Waals surface area contributed by atoms with Gasteiger partial charge in [0.05, 0.1) is 5.52 Å². The molecule has 0 bridgehead atoms. The molecule has 9 rings (SSSR count). The number of fused-ring (bicyclic) bond motifs is 4. The van der Waals surface area contributed by atoms with Crippen molar-refractivity contribution < 1.29 is 0 Å². The minimum Gasteiger partial charge on any atom is -0.236 e. The minimum atomic E-state index is 0.556. The van der Waals surface area contributed by atoms with Gasteiger partial charge in [0.15, 0.2) is 0 Å². The maximum Gasteiger partial charge on any atom is 0.101 e. The van der Waals surface area contributed by atoms with E-state index < -0.39 is 0 Å². The Morgan fingerprint density at radius 2 is 1.09 bits per heavy atom. The Bertz CT molecular complexity index is 2340. The van der Waals surface area contributed by atoms with Gasteiger partial charge in [0.25, 0.3) is 0 Å². The number of hydrogen-bond acceptors (Lipinski definition) is 1. The first-order valence-corrected chi connectivity index (χ1v) is 15.5. The lowest BCUT2D eigenvalue weighted by Crippen LogP contribution is -1.98. The van der Waals surface area contributed by atoms with Gasteiger partial charge in [0, 0.05) is 28.1 Å². The van der Waals surface area contributed by atoms with Crippen LogP contribution >= 0.6 is 0 Å². The fourth-order valence-electron chi connectivity index (χ4n) is 6.85. The molecule has 1 aliphatic rings. The van der Waals surface area contributed by atoms with E-state index in [-0.39, 0.29) is 0 Å². The SMILES string of the molecule is c1ccc(-c2cccc(-c3nn4c(C5CC5)cc5ccccc5c4c3-c3cccc(-c4cccc5ccccc45)c3)c2)cc1. The average molecular weight is 563 g/mol. The van der Waals surface area contributed by atoms with Crippen LogP contribution in [-0.2, 0) is 0 Å². The highest BCUT2D eigenvalue weighted by molar-refractivity contribution is 6.08. The summed E-state index contributed by atoms with van der Waals surface area (Å²) < 4.78 is 2.27. The predicted molar refractivity (Wildman–Crippen MR) is 184 cm³/mol. The highest BCUT2D eigenvalue weighted by Gasteiger charge is 2.29. The van der Waals surface area contributed by atoms with Crippen LogP contribution in [0.2, 0.25) is 0 Å². The van der Waals surface area contributed by atoms with Gasteiger partial charge in [-0.2, -0.15) is 5.10 Å². The molecule has 0 N–H and O–H groups in total. The lowest BCUT2D eigenvalue weighted by Gasteiger charge is -2.12. The van der Waals surface area contributed by atoms with Gasteiger partial charge in [0.1, 0.15) is 5.69 Å². The van der Waals surface area contributed by atoms with Crippen LogP contribution in [0.1, 0.15) is 24.5 Å². The van der Waals surface area contributed by atoms with Crippen LogP contribution in [0, 0.1) is 0 Å². The van der Waals surface area contributed by atoms with E-state index in [0.717, 1.165) is 11.3 Å². The monoisotopic (exact) mass is 562 g/mol. The maximum absolute atomic E-state index is 5.47. The van der Waals surface area contributed by atoms with Gasteiger partial charge in [-0.3, -0.25) is 0 Å². The first kappa shape index (κ1) is 25.1. The van der Waals surface area contributed by atoms with E-state index in [9.17, 15) is 0 Å². The van der Waals surface area contributed by atoms with E-state index in [1.165, 1.54) is 79.0 Å². The minimum absolute atomic E-state index is 0.556. The van der Waals surface area contributed by atoms with E-state index in [0.29, 0.717) is 5.92 Å². The third-order valence-electron chi connectivity index (χ3n) is 9.14. The van der Waals surface area contributed by atoms with Gasteiger partial charge in [-0.05, 0) is 75.0 Å². The summed E-state index contributed by atoms with van der Waals surface area (Å²) in [6.07, 6.45) is 2.44. The van der Waals surface area contributed by atoms with Gasteiger partial charge < -0.3 is 0 Å². The lowest BCUT2D eigenvalue weighted by molar-refractivity contribution is 0.866. The fraction of sp³-hybridized carbons (Fsp3) is 0.0714. The summed E-state index contributed by atoms with van der Waals surface area (Å²) in [5.41, 5.74) is 11.9. The molecule has 44 heavy (non-hydrogen) atoms. The van der Waals surface area contributed by atoms with Crippen LogP contribution in [0.5, 0.6) is 0 Å². The summed E-state index contributed by atoms with van der Waals surface area (Å²) in [4.78, 5) is 0. The molecule has 2 heteroatoms. The molecule has 1 saturated carbocycles. The zero-order chi connectivity index (χ0) is 29.0. The summed E-state index contributed by atoms with van der Waals surface area (Å²) in [5, 5.41) is 10.5. The number of pyridine rings is 1. The molecule has 208 valence electrons. The van der Waals surface area contributed by atoms with Gasteiger partial charge in [0.2, 0.25) is 0 Å². The molecule has 2 heterocycles. The Hall–Kier alpha value is -5.47. The van der Waals surface area contributed by atoms with Crippen molar-refractivity contribution in [2.75, 3.05) is 0 Å². The van der Waals surface area contributed by atoms with Crippen molar-refractivity contribution >= 4 is 27.1 Å². The van der Waals surface area contributed by atoms with Crippen molar-refractivity contribution in [3.8, 4) is 44.6 Å². The molecule has 2 aromatic heterocycles. The van der Waals surface area contributed by atoms with Crippen LogP contribution in [0.4, 0.5) is 0 Å². The number of nitrogens with zero attached hydrogens (tertiary/aromatic N) is 2. The second kappa shape index (κ2) is 10.1. The van der Waals surface area contributed by atoms with Crippen LogP contribution in [0.3, 0.4) is 0 Å². The summed E-state index contributed by atoms with van der Waals surface area (Å²) in [7, 11) is 0. The number of aromatic nitrogens is 2. The van der Waals surface area contributed by atoms with E-state index >= 15 is 0 Å². The van der Waals surface area contributed by atoms with E-state index in [2.05, 4.69) is 156 Å². The molecule has 1 fully saturated rings. The third-order valence-corrected chi connectivity index (χ3v) is 9.14. The van der Waals surface area contributed by atoms with Gasteiger partial charge in [-0.25, -0.2) is 4.52 Å². The number of hydrogen-bond donors (Lipinski definition) is 0. The van der Waals surface area contributed by atoms with Crippen molar-refractivity contribution in [1.29, 1.82) is 0 Å². The summed E-state index contributed by atoms with van der Waals surface area (Å²) in [6, 6.07) is 55.0. The molecule has 0 atom stereocenters. The van der Waals surface area contributed by atoms with E-state index in [4.69, 9.17) is 5.10 Å². The van der Waals surface area contributed by atoms with Crippen molar-refractivity contribution in [1.82, 2.24) is 9.61 Å². The number of rotatable bonds is 5. The van der Waals surface area contributed by atoms with Gasteiger partial charge in [-0.15, -0.1) is 0 Å². The number of benzene rings is 6. The molecule has 2 nitrogen and oxygen atoms in total. The molecular formula is C42H30N2. The summed E-state index contributed by atoms with van der Waals surface area (Å²) in [6.45, 7) is 0. The Morgan fingerprint density at radius 1 is 0.477 bits per heavy atom. The lowest BCUT2D eigenvalue weighted by atomic mass is 9.92. The largest absolute Gasteiger partial charge is 0.236 e. The second-order valence-corrected chi connectivity index (χ2v) is 12.0. The quantitative estimate of drug-likeness (QED) is 0.204. The molecule has 0 saturated heterocycles. The molecule has 6 aromatic carbocycles. The first-order chi connectivity index (χ1) is 21.8. The third kappa shape index (κ3) is 4.14. The molecular weight excluding hydrogens is 532 g/mol. The zero-order valence-corrected chi connectivity index (χ0v) is 24.3. The molecule has 0 aliphatic heterocycles. The van der Waals surface area contributed by atoms with Crippen LogP contribution < -0.4 is 0 Å². The second-order valence-electron chi connectivity index (χ2n) is 12.0. The summed E-state index contributed by atoms with van der Waals surface area (Å²) in [5.74, 6) is 0.556. The van der Waals surface area contributed by atoms with Crippen molar-refractivity contribution in [2.45, 2.75) is 18.8 Å². The van der Waals surface area contributed by atoms with Crippen molar-refractivity contribution in [3.63, 3.8) is 0 Å². The summed E-state index contributed by atoms with van der Waals surface area (Å²) >= 11 is 0. The molecule has 0 spiro atoms. The molecule has 0 unspecified atom stereocenters. The van der Waals surface area contributed by atoms with Crippen LogP contribution in [0.25, 0.3) is 71.7 Å². The highest BCUT2D eigenvalue weighted by atomic mass is 15.2. The first-order valence-electron chi connectivity index (χ1n) is 15.5. The Kier molecular flexibility index (Phi) is 5.74. The molecule has 8 aromatic rings. The fourth-order valence-corrected chi connectivity index (χ4v) is 6.85. The Labute approximate surface area is 256 Å². The molecule has 0 amide bonds. The standard InChI is InChI=1S/C42H30N2/c1-2-11-28(12-3-1)31-16-8-19-35(25-31)41-40(42-38-21-7-5-14-33(38)27-39(30-23-24-30)44(42)43-41)34-18-9-17-32(26-34)37-22-10-15-29-13-4-6-20-36(29)37/h1-22,25-27,30H,23-24H2. The predicted octanol–water partition coefficient (Wildman–Crippen LogP) is 11.2. The van der Waals surface area contributed by atoms with Crippen molar-refractivity contribution in [3.05, 3.63) is 157 Å². The van der Waals surface area contributed by atoms with Crippen LogP contribution in [0.15, 0.2) is 152 Å². The molecule has 1 aliphatic carbocycles. The smallest absolute Gasteiger partial charge is 0.101 e. The Morgan fingerprint density at radius 3 is 1.93 bits per heavy atom. The van der Waals surface area contributed by atoms with Crippen molar-refractivity contribution in [2.24, 2.45) is 0 Å². The Balaban J connectivity index is 1.35. The average Bonchev–Trinajstić information content (AvgIpc) is 3.87. The topological polar surface area (TPSA) is 17.3 Å². The highest BCUT2D eigenvalue weighted by Crippen LogP contribution is 2.46. The normalized spacial score (nSPS) is 13.2. The maximum atomic E-state index is 5.47. The van der Waals surface area contributed by atoms with E-state index in [1.54, 1.807) is 0 Å².